The molecule has 0 unspecified atom stereocenters. The van der Waals surface area contributed by atoms with Crippen LogP contribution in [0.25, 0.3) is 5.57 Å². The number of carbonyl (C=O) groups excluding carboxylic acids is 2. The van der Waals surface area contributed by atoms with Crippen molar-refractivity contribution in [3.63, 3.8) is 0 Å². The number of amides is 2. The third kappa shape index (κ3) is 3.81. The predicted octanol–water partition coefficient (Wildman–Crippen LogP) is 6.22. The van der Waals surface area contributed by atoms with Gasteiger partial charge in [-0.15, -0.1) is 0 Å². The second kappa shape index (κ2) is 8.32. The maximum atomic E-state index is 13.8. The highest BCUT2D eigenvalue weighted by Gasteiger charge is 2.42. The van der Waals surface area contributed by atoms with E-state index in [4.69, 9.17) is 4.99 Å². The summed E-state index contributed by atoms with van der Waals surface area (Å²) in [4.78, 5) is 35.3. The minimum atomic E-state index is -0.251. The molecule has 0 atom stereocenters. The van der Waals surface area contributed by atoms with Gasteiger partial charge in [0.15, 0.2) is 5.17 Å². The number of hydrogen-bond acceptors (Lipinski definition) is 4. The molecule has 1 fully saturated rings. The zero-order valence-corrected chi connectivity index (χ0v) is 20.7. The summed E-state index contributed by atoms with van der Waals surface area (Å²) < 4.78 is 0.849. The molecule has 164 valence electrons. The normalized spacial score (nSPS) is 19.1. The largest absolute Gasteiger partial charge is 0.311 e. The number of anilines is 2. The summed E-state index contributed by atoms with van der Waals surface area (Å²) in [7, 11) is 1.73. The molecule has 2 aliphatic rings. The molecule has 5 nitrogen and oxygen atoms in total. The molecule has 0 bridgehead atoms. The lowest BCUT2D eigenvalue weighted by molar-refractivity contribution is -0.115. The molecule has 2 amide bonds. The van der Waals surface area contributed by atoms with Crippen LogP contribution in [0.1, 0.15) is 16.7 Å². The molecule has 0 aromatic heterocycles. The molecule has 0 spiro atoms. The number of benzene rings is 3. The molecule has 1 saturated heterocycles. The van der Waals surface area contributed by atoms with E-state index < -0.39 is 0 Å². The zero-order valence-electron chi connectivity index (χ0n) is 18.3. The van der Waals surface area contributed by atoms with E-state index in [2.05, 4.69) is 15.9 Å². The van der Waals surface area contributed by atoms with Crippen molar-refractivity contribution in [2.75, 3.05) is 16.8 Å². The summed E-state index contributed by atoms with van der Waals surface area (Å²) in [5, 5.41) is 0.522. The zero-order chi connectivity index (χ0) is 23.3. The minimum absolute atomic E-state index is 0.195. The van der Waals surface area contributed by atoms with E-state index in [-0.39, 0.29) is 11.8 Å². The van der Waals surface area contributed by atoms with Gasteiger partial charge < -0.3 is 4.90 Å². The highest BCUT2D eigenvalue weighted by molar-refractivity contribution is 9.10. The van der Waals surface area contributed by atoms with Crippen LogP contribution in [0.5, 0.6) is 0 Å². The monoisotopic (exact) mass is 517 g/mol. The van der Waals surface area contributed by atoms with E-state index in [1.807, 2.05) is 80.6 Å². The molecular formula is C26H20BrN3O2S. The van der Waals surface area contributed by atoms with Gasteiger partial charge in [0.25, 0.3) is 11.8 Å². The van der Waals surface area contributed by atoms with Crippen LogP contribution in [0.2, 0.25) is 0 Å². The van der Waals surface area contributed by atoms with E-state index in [0.29, 0.717) is 21.3 Å². The van der Waals surface area contributed by atoms with E-state index in [1.165, 1.54) is 11.8 Å². The molecule has 3 aromatic carbocycles. The number of aliphatic imine (C=N–C) groups is 1. The van der Waals surface area contributed by atoms with Gasteiger partial charge in [-0.1, -0.05) is 51.3 Å². The number of thioether (sulfide) groups is 1. The Hall–Kier alpha value is -3.16. The number of carbonyl (C=O) groups is 2. The van der Waals surface area contributed by atoms with Crippen molar-refractivity contribution in [3.8, 4) is 0 Å². The van der Waals surface area contributed by atoms with Crippen molar-refractivity contribution in [1.82, 2.24) is 0 Å². The van der Waals surface area contributed by atoms with Crippen molar-refractivity contribution in [2.45, 2.75) is 13.8 Å². The number of nitrogens with zero attached hydrogens (tertiary/aromatic N) is 3. The van der Waals surface area contributed by atoms with E-state index in [9.17, 15) is 9.59 Å². The van der Waals surface area contributed by atoms with Gasteiger partial charge in [-0.2, -0.15) is 0 Å². The molecule has 33 heavy (non-hydrogen) atoms. The van der Waals surface area contributed by atoms with E-state index in [0.717, 1.165) is 32.5 Å². The highest BCUT2D eigenvalue weighted by atomic mass is 79.9. The number of likely N-dealkylation sites (N-methyl/N-ethyl adjacent to an activating group) is 1. The van der Waals surface area contributed by atoms with Gasteiger partial charge in [0.2, 0.25) is 0 Å². The highest BCUT2D eigenvalue weighted by Crippen LogP contribution is 2.46. The number of halogens is 1. The van der Waals surface area contributed by atoms with Gasteiger partial charge in [-0.05, 0) is 68.1 Å². The third-order valence-electron chi connectivity index (χ3n) is 5.67. The van der Waals surface area contributed by atoms with Gasteiger partial charge >= 0.3 is 0 Å². The first-order chi connectivity index (χ1) is 15.8. The Labute approximate surface area is 204 Å². The summed E-state index contributed by atoms with van der Waals surface area (Å²) in [5.41, 5.74) is 5.63. The average molecular weight is 518 g/mol. The van der Waals surface area contributed by atoms with Gasteiger partial charge in [0, 0.05) is 17.1 Å². The number of rotatable bonds is 2. The number of fused-ring (bicyclic) bond motifs is 1. The molecule has 0 radical (unpaired) electrons. The Balaban J connectivity index is 1.69. The Bertz CT molecular complexity index is 1360. The molecule has 0 aliphatic carbocycles. The summed E-state index contributed by atoms with van der Waals surface area (Å²) in [6.45, 7) is 4.02. The standard InChI is InChI=1S/C26H20BrN3O2S/c1-15-4-9-18(10-5-15)28-26-30(19-11-6-16(2)7-12-19)25(32)23(33-26)22-20-14-17(27)8-13-21(20)29(3)24(22)31/h4-14H,1-3H3. The summed E-state index contributed by atoms with van der Waals surface area (Å²) in [5.74, 6) is -0.446. The quantitative estimate of drug-likeness (QED) is 0.379. The van der Waals surface area contributed by atoms with Gasteiger partial charge in [-0.25, -0.2) is 4.99 Å². The molecule has 7 heteroatoms. The first-order valence-corrected chi connectivity index (χ1v) is 12.0. The Morgan fingerprint density at radius 2 is 1.48 bits per heavy atom. The lowest BCUT2D eigenvalue weighted by atomic mass is 10.1. The maximum absolute atomic E-state index is 13.8. The maximum Gasteiger partial charge on any atom is 0.272 e. The van der Waals surface area contributed by atoms with Crippen LogP contribution in [0.4, 0.5) is 17.1 Å². The molecule has 3 aromatic rings. The fourth-order valence-electron chi connectivity index (χ4n) is 3.86. The lowest BCUT2D eigenvalue weighted by Crippen LogP contribution is -2.29. The smallest absolute Gasteiger partial charge is 0.272 e. The fourth-order valence-corrected chi connectivity index (χ4v) is 5.32. The fraction of sp³-hybridized carbons (Fsp3) is 0.115. The van der Waals surface area contributed by atoms with Crippen LogP contribution in [-0.4, -0.2) is 24.0 Å². The Kier molecular flexibility index (Phi) is 5.46. The van der Waals surface area contributed by atoms with Crippen LogP contribution in [0.3, 0.4) is 0 Å². The number of amidine groups is 1. The van der Waals surface area contributed by atoms with Crippen molar-refractivity contribution in [2.24, 2.45) is 4.99 Å². The Morgan fingerprint density at radius 3 is 2.15 bits per heavy atom. The molecule has 5 rings (SSSR count). The number of aryl methyl sites for hydroxylation is 2. The first-order valence-electron chi connectivity index (χ1n) is 10.4. The van der Waals surface area contributed by atoms with E-state index >= 15 is 0 Å². The summed E-state index contributed by atoms with van der Waals surface area (Å²) in [6, 6.07) is 21.2. The Morgan fingerprint density at radius 1 is 0.848 bits per heavy atom. The molecular weight excluding hydrogens is 498 g/mol. The second-order valence-electron chi connectivity index (χ2n) is 8.04. The van der Waals surface area contributed by atoms with Gasteiger partial charge in [0.1, 0.15) is 0 Å². The summed E-state index contributed by atoms with van der Waals surface area (Å²) in [6.07, 6.45) is 0. The van der Waals surface area contributed by atoms with Crippen molar-refractivity contribution in [3.05, 3.63) is 92.8 Å². The van der Waals surface area contributed by atoms with Gasteiger partial charge in [-0.3, -0.25) is 14.5 Å². The average Bonchev–Trinajstić information content (AvgIpc) is 3.23. The van der Waals surface area contributed by atoms with Crippen molar-refractivity contribution < 1.29 is 9.59 Å². The first kappa shape index (κ1) is 21.7. The summed E-state index contributed by atoms with van der Waals surface area (Å²) >= 11 is 4.74. The minimum Gasteiger partial charge on any atom is -0.311 e. The second-order valence-corrected chi connectivity index (χ2v) is 9.93. The molecule has 2 heterocycles. The molecule has 0 saturated carbocycles. The topological polar surface area (TPSA) is 53.0 Å². The SMILES string of the molecule is Cc1ccc(N=C2SC(=C3C(=O)N(C)c4ccc(Br)cc43)C(=O)N2c2ccc(C)cc2)cc1. The third-order valence-corrected chi connectivity index (χ3v) is 7.20. The van der Waals surface area contributed by atoms with E-state index in [1.54, 1.807) is 16.8 Å². The van der Waals surface area contributed by atoms with Crippen LogP contribution in [0.15, 0.2) is 81.1 Å². The number of hydrogen-bond donors (Lipinski definition) is 0. The van der Waals surface area contributed by atoms with Crippen LogP contribution in [0, 0.1) is 13.8 Å². The molecule has 2 aliphatic heterocycles. The van der Waals surface area contributed by atoms with Crippen LogP contribution >= 0.6 is 27.7 Å². The predicted molar refractivity (Wildman–Crippen MR) is 139 cm³/mol. The lowest BCUT2D eigenvalue weighted by Gasteiger charge is -2.16. The van der Waals surface area contributed by atoms with Gasteiger partial charge in [0.05, 0.1) is 27.5 Å². The molecule has 0 N–H and O–H groups in total. The van der Waals surface area contributed by atoms with Crippen molar-refractivity contribution in [1.29, 1.82) is 0 Å². The van der Waals surface area contributed by atoms with Crippen LogP contribution < -0.4 is 9.80 Å². The van der Waals surface area contributed by atoms with Crippen molar-refractivity contribution >= 4 is 67.3 Å². The van der Waals surface area contributed by atoms with Crippen LogP contribution in [-0.2, 0) is 9.59 Å².